The summed E-state index contributed by atoms with van der Waals surface area (Å²) in [6, 6.07) is 18.7. The molecule has 0 saturated heterocycles. The molecule has 0 aliphatic heterocycles. The van der Waals surface area contributed by atoms with E-state index in [0.717, 1.165) is 34.7 Å². The normalized spacial score (nSPS) is 12.4. The standard InChI is InChI=1S/C23H23N3OS/c1-3-16-9-11-17(12-10-16)13-26(2)14-20-24-22(27)21-19(15-28-23(21)25-20)18-7-5-4-6-8-18/h4-12,15H,3,13-14H2,1-2H3,(H,24,25,27)/p+1. The van der Waals surface area contributed by atoms with Gasteiger partial charge in [0.15, 0.2) is 5.82 Å². The summed E-state index contributed by atoms with van der Waals surface area (Å²) in [7, 11) is 2.13. The number of aromatic amines is 1. The van der Waals surface area contributed by atoms with Crippen molar-refractivity contribution in [1.29, 1.82) is 0 Å². The van der Waals surface area contributed by atoms with E-state index in [2.05, 4.69) is 43.2 Å². The van der Waals surface area contributed by atoms with Crippen LogP contribution in [0.4, 0.5) is 0 Å². The molecule has 0 amide bonds. The van der Waals surface area contributed by atoms with Crippen molar-refractivity contribution in [3.63, 3.8) is 0 Å². The van der Waals surface area contributed by atoms with E-state index in [9.17, 15) is 4.79 Å². The summed E-state index contributed by atoms with van der Waals surface area (Å²) in [5.74, 6) is 0.738. The van der Waals surface area contributed by atoms with E-state index in [1.54, 1.807) is 0 Å². The SMILES string of the molecule is CCc1ccc(C[NH+](C)Cc2nc3scc(-c4ccccc4)c3c(=O)[nH]2)cc1. The van der Waals surface area contributed by atoms with Crippen molar-refractivity contribution in [3.8, 4) is 11.1 Å². The van der Waals surface area contributed by atoms with Gasteiger partial charge in [-0.3, -0.25) is 4.79 Å². The Kier molecular flexibility index (Phi) is 5.37. The number of rotatable bonds is 6. The van der Waals surface area contributed by atoms with Gasteiger partial charge >= 0.3 is 0 Å². The highest BCUT2D eigenvalue weighted by molar-refractivity contribution is 7.17. The van der Waals surface area contributed by atoms with Crippen LogP contribution in [0.1, 0.15) is 23.9 Å². The molecule has 4 nitrogen and oxygen atoms in total. The van der Waals surface area contributed by atoms with Crippen LogP contribution in [0, 0.1) is 0 Å². The largest absolute Gasteiger partial charge is 0.327 e. The molecule has 2 heterocycles. The van der Waals surface area contributed by atoms with Crippen molar-refractivity contribution >= 4 is 21.6 Å². The summed E-state index contributed by atoms with van der Waals surface area (Å²) < 4.78 is 0. The van der Waals surface area contributed by atoms with E-state index >= 15 is 0 Å². The lowest BCUT2D eigenvalue weighted by Gasteiger charge is -2.13. The summed E-state index contributed by atoms with van der Waals surface area (Å²) in [5, 5.41) is 2.71. The quantitative estimate of drug-likeness (QED) is 0.530. The lowest BCUT2D eigenvalue weighted by molar-refractivity contribution is -0.908. The first-order chi connectivity index (χ1) is 13.6. The highest BCUT2D eigenvalue weighted by Crippen LogP contribution is 2.30. The summed E-state index contributed by atoms with van der Waals surface area (Å²) in [6.45, 7) is 3.74. The van der Waals surface area contributed by atoms with Crippen LogP contribution in [-0.4, -0.2) is 17.0 Å². The fourth-order valence-corrected chi connectivity index (χ4v) is 4.46. The van der Waals surface area contributed by atoms with Gasteiger partial charge in [0.1, 0.15) is 17.9 Å². The number of aromatic nitrogens is 2. The number of H-pyrrole nitrogens is 1. The fraction of sp³-hybridized carbons (Fsp3) is 0.217. The average molecular weight is 391 g/mol. The molecule has 5 heteroatoms. The Hall–Kier alpha value is -2.76. The van der Waals surface area contributed by atoms with Gasteiger partial charge in [-0.15, -0.1) is 11.3 Å². The van der Waals surface area contributed by atoms with Gasteiger partial charge in [0.05, 0.1) is 12.4 Å². The van der Waals surface area contributed by atoms with Crippen LogP contribution in [0.15, 0.2) is 64.8 Å². The first kappa shape index (κ1) is 18.6. The molecule has 28 heavy (non-hydrogen) atoms. The molecule has 2 aromatic heterocycles. The first-order valence-electron chi connectivity index (χ1n) is 9.59. The van der Waals surface area contributed by atoms with Gasteiger partial charge in [-0.25, -0.2) is 4.98 Å². The minimum Gasteiger partial charge on any atom is -0.327 e. The second kappa shape index (κ2) is 8.09. The number of nitrogens with one attached hydrogen (secondary N) is 2. The molecule has 142 valence electrons. The van der Waals surface area contributed by atoms with E-state index in [1.807, 2.05) is 35.7 Å². The summed E-state index contributed by atoms with van der Waals surface area (Å²) >= 11 is 1.53. The predicted molar refractivity (Wildman–Crippen MR) is 116 cm³/mol. The minimum atomic E-state index is -0.0554. The molecule has 2 aromatic carbocycles. The lowest BCUT2D eigenvalue weighted by atomic mass is 10.1. The number of thiophene rings is 1. The zero-order valence-corrected chi connectivity index (χ0v) is 17.0. The Morgan fingerprint density at radius 3 is 2.43 bits per heavy atom. The van der Waals surface area contributed by atoms with Gasteiger partial charge in [0.25, 0.3) is 5.56 Å². The van der Waals surface area contributed by atoms with Crippen molar-refractivity contribution < 1.29 is 4.90 Å². The number of quaternary nitrogens is 1. The number of hydrogen-bond acceptors (Lipinski definition) is 3. The Morgan fingerprint density at radius 2 is 1.71 bits per heavy atom. The van der Waals surface area contributed by atoms with Gasteiger partial charge in [-0.2, -0.15) is 0 Å². The molecule has 1 atom stereocenters. The highest BCUT2D eigenvalue weighted by Gasteiger charge is 2.15. The van der Waals surface area contributed by atoms with Gasteiger partial charge in [0, 0.05) is 16.5 Å². The Bertz CT molecular complexity index is 1130. The van der Waals surface area contributed by atoms with Gasteiger partial charge in [-0.05, 0) is 17.5 Å². The third kappa shape index (κ3) is 3.91. The van der Waals surface area contributed by atoms with Gasteiger partial charge in [-0.1, -0.05) is 61.5 Å². The molecule has 0 aliphatic rings. The summed E-state index contributed by atoms with van der Waals surface area (Å²) in [6.07, 6.45) is 1.06. The molecule has 1 unspecified atom stereocenters. The third-order valence-corrected chi connectivity index (χ3v) is 5.86. The average Bonchev–Trinajstić information content (AvgIpc) is 3.14. The van der Waals surface area contributed by atoms with Gasteiger partial charge in [0.2, 0.25) is 0 Å². The molecule has 0 aliphatic carbocycles. The second-order valence-electron chi connectivity index (χ2n) is 7.19. The summed E-state index contributed by atoms with van der Waals surface area (Å²) in [4.78, 5) is 22.6. The van der Waals surface area contributed by atoms with Crippen LogP contribution in [0.25, 0.3) is 21.3 Å². The zero-order valence-electron chi connectivity index (χ0n) is 16.2. The number of aryl methyl sites for hydroxylation is 1. The Morgan fingerprint density at radius 1 is 1.00 bits per heavy atom. The van der Waals surface area contributed by atoms with Crippen molar-refractivity contribution in [2.45, 2.75) is 26.4 Å². The van der Waals surface area contributed by atoms with Crippen LogP contribution in [0.2, 0.25) is 0 Å². The van der Waals surface area contributed by atoms with Gasteiger partial charge < -0.3 is 9.88 Å². The maximum Gasteiger partial charge on any atom is 0.260 e. The molecule has 4 rings (SSSR count). The molecule has 2 N–H and O–H groups in total. The van der Waals surface area contributed by atoms with Crippen LogP contribution in [-0.2, 0) is 19.5 Å². The van der Waals surface area contributed by atoms with Crippen LogP contribution < -0.4 is 10.5 Å². The highest BCUT2D eigenvalue weighted by atomic mass is 32.1. The van der Waals surface area contributed by atoms with Crippen LogP contribution in [0.3, 0.4) is 0 Å². The van der Waals surface area contributed by atoms with E-state index in [1.165, 1.54) is 27.4 Å². The number of fused-ring (bicyclic) bond motifs is 1. The number of benzene rings is 2. The minimum absolute atomic E-state index is 0.0554. The third-order valence-electron chi connectivity index (χ3n) is 4.98. The maximum absolute atomic E-state index is 12.8. The molecular weight excluding hydrogens is 366 g/mol. The predicted octanol–water partition coefficient (Wildman–Crippen LogP) is 3.43. The smallest absolute Gasteiger partial charge is 0.260 e. The fourth-order valence-electron chi connectivity index (χ4n) is 3.50. The molecular formula is C23H24N3OS+. The molecule has 0 fully saturated rings. The molecule has 0 bridgehead atoms. The van der Waals surface area contributed by atoms with Crippen LogP contribution in [0.5, 0.6) is 0 Å². The van der Waals surface area contributed by atoms with E-state index < -0.39 is 0 Å². The van der Waals surface area contributed by atoms with Crippen molar-refractivity contribution in [2.24, 2.45) is 0 Å². The van der Waals surface area contributed by atoms with Crippen molar-refractivity contribution in [3.05, 3.63) is 87.3 Å². The maximum atomic E-state index is 12.8. The zero-order chi connectivity index (χ0) is 19.5. The van der Waals surface area contributed by atoms with E-state index in [4.69, 9.17) is 4.98 Å². The molecule has 4 aromatic rings. The lowest BCUT2D eigenvalue weighted by Crippen LogP contribution is -3.06. The molecule has 0 saturated carbocycles. The molecule has 0 spiro atoms. The molecule has 0 radical (unpaired) electrons. The summed E-state index contributed by atoms with van der Waals surface area (Å²) in [5.41, 5.74) is 4.59. The monoisotopic (exact) mass is 390 g/mol. The van der Waals surface area contributed by atoms with Crippen LogP contribution >= 0.6 is 11.3 Å². The van der Waals surface area contributed by atoms with E-state index in [0.29, 0.717) is 11.9 Å². The Balaban J connectivity index is 1.55. The van der Waals surface area contributed by atoms with E-state index in [-0.39, 0.29) is 5.56 Å². The number of nitrogens with zero attached hydrogens (tertiary/aromatic N) is 1. The second-order valence-corrected chi connectivity index (χ2v) is 8.05. The van der Waals surface area contributed by atoms with Crippen molar-refractivity contribution in [1.82, 2.24) is 9.97 Å². The first-order valence-corrected chi connectivity index (χ1v) is 10.5. The van der Waals surface area contributed by atoms with Crippen molar-refractivity contribution in [2.75, 3.05) is 7.05 Å². The Labute approximate surface area is 168 Å². The number of hydrogen-bond donors (Lipinski definition) is 2. The topological polar surface area (TPSA) is 50.2 Å².